The van der Waals surface area contributed by atoms with E-state index in [1.54, 1.807) is 24.5 Å². The molecule has 4 nitrogen and oxygen atoms in total. The fourth-order valence-corrected chi connectivity index (χ4v) is 1.91. The summed E-state index contributed by atoms with van der Waals surface area (Å²) in [5.41, 5.74) is 1.19. The second kappa shape index (κ2) is 4.89. The lowest BCUT2D eigenvalue weighted by Gasteiger charge is -2.05. The Morgan fingerprint density at radius 3 is 2.74 bits per heavy atom. The van der Waals surface area contributed by atoms with E-state index in [2.05, 4.69) is 30.9 Å². The van der Waals surface area contributed by atoms with Crippen LogP contribution in [0.25, 0.3) is 11.2 Å². The maximum Gasteiger partial charge on any atom is 0.221 e. The van der Waals surface area contributed by atoms with E-state index >= 15 is 0 Å². The highest BCUT2D eigenvalue weighted by Crippen LogP contribution is 2.25. The largest absolute Gasteiger partial charge is 0.439 e. The Morgan fingerprint density at radius 1 is 1.05 bits per heavy atom. The summed E-state index contributed by atoms with van der Waals surface area (Å²) in [5.74, 6) is 0.528. The van der Waals surface area contributed by atoms with Crippen molar-refractivity contribution in [3.05, 3.63) is 53.0 Å². The first-order chi connectivity index (χ1) is 9.22. The lowest BCUT2D eigenvalue weighted by atomic mass is 10.3. The summed E-state index contributed by atoms with van der Waals surface area (Å²) < 4.78 is 19.0. The van der Waals surface area contributed by atoms with Gasteiger partial charge in [0.15, 0.2) is 5.65 Å². The number of benzene rings is 1. The van der Waals surface area contributed by atoms with Crippen molar-refractivity contribution in [2.24, 2.45) is 0 Å². The minimum Gasteiger partial charge on any atom is -0.439 e. The lowest BCUT2D eigenvalue weighted by Crippen LogP contribution is -1.91. The van der Waals surface area contributed by atoms with Crippen LogP contribution >= 0.6 is 15.9 Å². The Labute approximate surface area is 116 Å². The van der Waals surface area contributed by atoms with Crippen LogP contribution in [0, 0.1) is 5.82 Å². The maximum absolute atomic E-state index is 13.1. The van der Waals surface area contributed by atoms with E-state index in [0.717, 1.165) is 0 Å². The molecule has 19 heavy (non-hydrogen) atoms. The molecule has 2 heterocycles. The standard InChI is InChI=1S/C13H7BrFN3O/c14-9-7-8(1-2-10(9)15)19-12-4-3-11-13(18-12)17-6-5-16-11/h1-7H. The van der Waals surface area contributed by atoms with Gasteiger partial charge in [0.25, 0.3) is 0 Å². The van der Waals surface area contributed by atoms with Crippen LogP contribution in [0.1, 0.15) is 0 Å². The molecule has 0 aliphatic rings. The highest BCUT2D eigenvalue weighted by atomic mass is 79.9. The summed E-state index contributed by atoms with van der Waals surface area (Å²) in [7, 11) is 0. The third kappa shape index (κ3) is 2.53. The molecule has 0 unspecified atom stereocenters. The van der Waals surface area contributed by atoms with E-state index in [9.17, 15) is 4.39 Å². The maximum atomic E-state index is 13.1. The van der Waals surface area contributed by atoms with E-state index in [4.69, 9.17) is 4.74 Å². The molecule has 0 aliphatic heterocycles. The van der Waals surface area contributed by atoms with Crippen LogP contribution in [0.4, 0.5) is 4.39 Å². The van der Waals surface area contributed by atoms with E-state index in [0.29, 0.717) is 27.3 Å². The molecule has 0 spiro atoms. The Hall–Kier alpha value is -2.08. The molecule has 0 atom stereocenters. The molecule has 0 radical (unpaired) electrons. The fraction of sp³-hybridized carbons (Fsp3) is 0. The van der Waals surface area contributed by atoms with Crippen LogP contribution in [0.2, 0.25) is 0 Å². The number of aromatic nitrogens is 3. The smallest absolute Gasteiger partial charge is 0.221 e. The molecule has 2 aromatic heterocycles. The van der Waals surface area contributed by atoms with Gasteiger partial charge in [-0.15, -0.1) is 0 Å². The van der Waals surface area contributed by atoms with Gasteiger partial charge in [-0.1, -0.05) is 0 Å². The molecule has 0 saturated carbocycles. The number of halogens is 2. The highest BCUT2D eigenvalue weighted by molar-refractivity contribution is 9.10. The van der Waals surface area contributed by atoms with Gasteiger partial charge < -0.3 is 4.74 Å². The van der Waals surface area contributed by atoms with Crippen molar-refractivity contribution in [1.29, 1.82) is 0 Å². The first-order valence-electron chi connectivity index (χ1n) is 5.43. The minimum absolute atomic E-state index is 0.339. The van der Waals surface area contributed by atoms with Gasteiger partial charge in [-0.2, -0.15) is 4.98 Å². The number of pyridine rings is 1. The molecule has 0 N–H and O–H groups in total. The molecule has 94 valence electrons. The van der Waals surface area contributed by atoms with Crippen LogP contribution in [0.3, 0.4) is 0 Å². The average Bonchev–Trinajstić information content (AvgIpc) is 2.43. The molecule has 1 aromatic carbocycles. The van der Waals surface area contributed by atoms with Gasteiger partial charge >= 0.3 is 0 Å². The molecule has 0 amide bonds. The highest BCUT2D eigenvalue weighted by Gasteiger charge is 2.05. The molecule has 0 saturated heterocycles. The second-order valence-corrected chi connectivity index (χ2v) is 4.58. The number of nitrogens with zero attached hydrogens (tertiary/aromatic N) is 3. The number of hydrogen-bond acceptors (Lipinski definition) is 4. The van der Waals surface area contributed by atoms with Crippen LogP contribution in [-0.2, 0) is 0 Å². The predicted molar refractivity (Wildman–Crippen MR) is 71.5 cm³/mol. The van der Waals surface area contributed by atoms with Gasteiger partial charge in [-0.05, 0) is 40.2 Å². The van der Waals surface area contributed by atoms with Gasteiger partial charge in [0, 0.05) is 18.5 Å². The Balaban J connectivity index is 1.94. The van der Waals surface area contributed by atoms with Crippen LogP contribution in [0.15, 0.2) is 47.2 Å². The van der Waals surface area contributed by atoms with Gasteiger partial charge in [0.1, 0.15) is 17.1 Å². The van der Waals surface area contributed by atoms with Gasteiger partial charge in [-0.25, -0.2) is 9.37 Å². The zero-order chi connectivity index (χ0) is 13.2. The van der Waals surface area contributed by atoms with E-state index in [1.165, 1.54) is 18.2 Å². The molecule has 0 fully saturated rings. The van der Waals surface area contributed by atoms with Crippen LogP contribution in [-0.4, -0.2) is 15.0 Å². The summed E-state index contributed by atoms with van der Waals surface area (Å²) in [6, 6.07) is 7.85. The van der Waals surface area contributed by atoms with E-state index < -0.39 is 0 Å². The van der Waals surface area contributed by atoms with Gasteiger partial charge in [-0.3, -0.25) is 4.98 Å². The van der Waals surface area contributed by atoms with Crippen molar-refractivity contribution in [3.8, 4) is 11.6 Å². The summed E-state index contributed by atoms with van der Waals surface area (Å²) in [6.07, 6.45) is 3.16. The van der Waals surface area contributed by atoms with Crippen molar-refractivity contribution in [2.45, 2.75) is 0 Å². The SMILES string of the molecule is Fc1ccc(Oc2ccc3nccnc3n2)cc1Br. The monoisotopic (exact) mass is 319 g/mol. The molecule has 0 bridgehead atoms. The molecule has 3 rings (SSSR count). The molecule has 0 aliphatic carbocycles. The third-order valence-corrected chi connectivity index (χ3v) is 3.03. The third-order valence-electron chi connectivity index (χ3n) is 2.42. The predicted octanol–water partition coefficient (Wildman–Crippen LogP) is 3.72. The average molecular weight is 320 g/mol. The first-order valence-corrected chi connectivity index (χ1v) is 6.22. The number of ether oxygens (including phenoxy) is 1. The van der Waals surface area contributed by atoms with E-state index in [1.807, 2.05) is 0 Å². The molecular formula is C13H7BrFN3O. The van der Waals surface area contributed by atoms with E-state index in [-0.39, 0.29) is 5.82 Å². The molecule has 6 heteroatoms. The second-order valence-electron chi connectivity index (χ2n) is 3.73. The Morgan fingerprint density at radius 2 is 1.89 bits per heavy atom. The van der Waals surface area contributed by atoms with Crippen LogP contribution in [0.5, 0.6) is 11.6 Å². The van der Waals surface area contributed by atoms with Crippen molar-refractivity contribution in [2.75, 3.05) is 0 Å². The van der Waals surface area contributed by atoms with Crippen molar-refractivity contribution in [1.82, 2.24) is 15.0 Å². The number of fused-ring (bicyclic) bond motifs is 1. The first kappa shape index (κ1) is 12.0. The fourth-order valence-electron chi connectivity index (χ4n) is 1.55. The Bertz CT molecular complexity index is 751. The number of rotatable bonds is 2. The van der Waals surface area contributed by atoms with Gasteiger partial charge in [0.05, 0.1) is 4.47 Å². The molecule has 3 aromatic rings. The lowest BCUT2D eigenvalue weighted by molar-refractivity contribution is 0.462. The Kier molecular flexibility index (Phi) is 3.08. The summed E-state index contributed by atoms with van der Waals surface area (Å²) in [4.78, 5) is 12.4. The van der Waals surface area contributed by atoms with Gasteiger partial charge in [0.2, 0.25) is 5.88 Å². The summed E-state index contributed by atoms with van der Waals surface area (Å²) >= 11 is 3.10. The minimum atomic E-state index is -0.343. The number of hydrogen-bond donors (Lipinski definition) is 0. The topological polar surface area (TPSA) is 47.9 Å². The molecular weight excluding hydrogens is 313 g/mol. The van der Waals surface area contributed by atoms with Crippen molar-refractivity contribution < 1.29 is 9.13 Å². The normalized spacial score (nSPS) is 10.6. The van der Waals surface area contributed by atoms with Crippen molar-refractivity contribution >= 4 is 27.1 Å². The zero-order valence-corrected chi connectivity index (χ0v) is 11.1. The quantitative estimate of drug-likeness (QED) is 0.722. The zero-order valence-electron chi connectivity index (χ0n) is 9.55. The summed E-state index contributed by atoms with van der Waals surface area (Å²) in [5, 5.41) is 0. The van der Waals surface area contributed by atoms with Crippen molar-refractivity contribution in [3.63, 3.8) is 0 Å². The van der Waals surface area contributed by atoms with Crippen LogP contribution < -0.4 is 4.74 Å². The summed E-state index contributed by atoms with van der Waals surface area (Å²) in [6.45, 7) is 0.